The van der Waals surface area contributed by atoms with Crippen molar-refractivity contribution >= 4 is 11.6 Å². The Morgan fingerprint density at radius 1 is 1.33 bits per heavy atom. The van der Waals surface area contributed by atoms with Crippen LogP contribution in [-0.2, 0) is 9.47 Å². The van der Waals surface area contributed by atoms with Crippen molar-refractivity contribution in [3.63, 3.8) is 0 Å². The number of ether oxygens (including phenoxy) is 3. The summed E-state index contributed by atoms with van der Waals surface area (Å²) in [5.41, 5.74) is 0. The molecule has 5 heteroatoms. The molecule has 1 aliphatic rings. The van der Waals surface area contributed by atoms with Gasteiger partial charge >= 0.3 is 0 Å². The number of alkyl halides is 1. The Hall–Kier alpha value is -0.840. The molecular formula is C13H16ClFO3. The third-order valence-electron chi connectivity index (χ3n) is 2.89. The highest BCUT2D eigenvalue weighted by atomic mass is 35.5. The van der Waals surface area contributed by atoms with Crippen molar-refractivity contribution in [1.29, 1.82) is 0 Å². The van der Waals surface area contributed by atoms with Gasteiger partial charge in [-0.1, -0.05) is 12.1 Å². The molecule has 100 valence electrons. The van der Waals surface area contributed by atoms with Gasteiger partial charge in [-0.25, -0.2) is 4.39 Å². The smallest absolute Gasteiger partial charge is 0.165 e. The maximum Gasteiger partial charge on any atom is 0.165 e. The minimum absolute atomic E-state index is 0.0846. The fourth-order valence-electron chi connectivity index (χ4n) is 1.83. The maximum absolute atomic E-state index is 13.4. The molecule has 1 aliphatic carbocycles. The number of hydrogen-bond acceptors (Lipinski definition) is 3. The first-order valence-corrected chi connectivity index (χ1v) is 6.32. The Balaban J connectivity index is 1.88. The second kappa shape index (κ2) is 6.36. The number of benzene rings is 1. The van der Waals surface area contributed by atoms with Crippen LogP contribution in [0.2, 0.25) is 0 Å². The number of methoxy groups -OCH3 is 1. The van der Waals surface area contributed by atoms with Crippen molar-refractivity contribution < 1.29 is 18.6 Å². The molecule has 18 heavy (non-hydrogen) atoms. The summed E-state index contributed by atoms with van der Waals surface area (Å²) >= 11 is 6.06. The molecule has 1 aromatic carbocycles. The SMILES string of the molecule is COCCOC1C(Cl)CC1Oc1ccccc1F. The molecule has 0 saturated heterocycles. The molecule has 3 unspecified atom stereocenters. The van der Waals surface area contributed by atoms with Crippen LogP contribution in [0.3, 0.4) is 0 Å². The molecule has 3 nitrogen and oxygen atoms in total. The van der Waals surface area contributed by atoms with E-state index in [9.17, 15) is 4.39 Å². The summed E-state index contributed by atoms with van der Waals surface area (Å²) in [6, 6.07) is 6.33. The second-order valence-electron chi connectivity index (χ2n) is 4.17. The van der Waals surface area contributed by atoms with E-state index < -0.39 is 0 Å². The average molecular weight is 275 g/mol. The van der Waals surface area contributed by atoms with Crippen LogP contribution in [0.15, 0.2) is 24.3 Å². The van der Waals surface area contributed by atoms with Gasteiger partial charge in [-0.15, -0.1) is 11.6 Å². The van der Waals surface area contributed by atoms with Gasteiger partial charge in [0.05, 0.1) is 18.6 Å². The Bertz CT molecular complexity index is 388. The summed E-state index contributed by atoms with van der Waals surface area (Å²) in [6.07, 6.45) is 0.260. The van der Waals surface area contributed by atoms with Crippen LogP contribution in [-0.4, -0.2) is 37.9 Å². The van der Waals surface area contributed by atoms with E-state index in [0.717, 1.165) is 0 Å². The monoisotopic (exact) mass is 274 g/mol. The van der Waals surface area contributed by atoms with E-state index in [1.165, 1.54) is 6.07 Å². The van der Waals surface area contributed by atoms with Crippen LogP contribution in [0.5, 0.6) is 5.75 Å². The molecule has 3 atom stereocenters. The Morgan fingerprint density at radius 2 is 2.11 bits per heavy atom. The quantitative estimate of drug-likeness (QED) is 0.590. The molecule has 0 heterocycles. The van der Waals surface area contributed by atoms with Crippen molar-refractivity contribution in [2.45, 2.75) is 24.0 Å². The lowest BCUT2D eigenvalue weighted by Crippen LogP contribution is -2.53. The molecule has 0 spiro atoms. The molecule has 1 aromatic rings. The fourth-order valence-corrected chi connectivity index (χ4v) is 2.24. The number of halogens is 2. The van der Waals surface area contributed by atoms with Gasteiger partial charge in [-0.05, 0) is 12.1 Å². The van der Waals surface area contributed by atoms with Crippen molar-refractivity contribution in [3.05, 3.63) is 30.1 Å². The zero-order valence-electron chi connectivity index (χ0n) is 10.1. The van der Waals surface area contributed by atoms with E-state index in [2.05, 4.69) is 0 Å². The third kappa shape index (κ3) is 3.13. The molecule has 1 fully saturated rings. The number of hydrogen-bond donors (Lipinski definition) is 0. The highest BCUT2D eigenvalue weighted by Crippen LogP contribution is 2.33. The summed E-state index contributed by atoms with van der Waals surface area (Å²) < 4.78 is 29.4. The normalized spacial score (nSPS) is 26.7. The molecule has 0 aliphatic heterocycles. The predicted molar refractivity (Wildman–Crippen MR) is 66.7 cm³/mol. The minimum Gasteiger partial charge on any atom is -0.485 e. The molecule has 1 saturated carbocycles. The van der Waals surface area contributed by atoms with Gasteiger partial charge in [0.15, 0.2) is 11.6 Å². The number of rotatable bonds is 6. The van der Waals surface area contributed by atoms with Gasteiger partial charge in [0.25, 0.3) is 0 Å². The first-order valence-electron chi connectivity index (χ1n) is 5.88. The lowest BCUT2D eigenvalue weighted by molar-refractivity contribution is -0.0907. The van der Waals surface area contributed by atoms with Gasteiger partial charge in [0, 0.05) is 13.5 Å². The van der Waals surface area contributed by atoms with Gasteiger partial charge in [-0.3, -0.25) is 0 Å². The summed E-state index contributed by atoms with van der Waals surface area (Å²) in [5.74, 6) is -0.127. The summed E-state index contributed by atoms with van der Waals surface area (Å²) in [6.45, 7) is 0.966. The maximum atomic E-state index is 13.4. The van der Waals surface area contributed by atoms with Gasteiger partial charge < -0.3 is 14.2 Å². The lowest BCUT2D eigenvalue weighted by atomic mass is 9.91. The lowest BCUT2D eigenvalue weighted by Gasteiger charge is -2.40. The molecule has 0 radical (unpaired) electrons. The minimum atomic E-state index is -0.369. The van der Waals surface area contributed by atoms with Crippen LogP contribution in [0.1, 0.15) is 6.42 Å². The van der Waals surface area contributed by atoms with Crippen LogP contribution < -0.4 is 4.74 Å². The van der Waals surface area contributed by atoms with E-state index in [0.29, 0.717) is 19.6 Å². The van der Waals surface area contributed by atoms with Crippen molar-refractivity contribution in [3.8, 4) is 5.75 Å². The van der Waals surface area contributed by atoms with Crippen LogP contribution >= 0.6 is 11.6 Å². The predicted octanol–water partition coefficient (Wildman–Crippen LogP) is 2.62. The van der Waals surface area contributed by atoms with E-state index in [1.54, 1.807) is 25.3 Å². The third-order valence-corrected chi connectivity index (χ3v) is 3.32. The first kappa shape index (κ1) is 13.6. The zero-order valence-corrected chi connectivity index (χ0v) is 10.9. The Morgan fingerprint density at radius 3 is 2.78 bits per heavy atom. The fraction of sp³-hybridized carbons (Fsp3) is 0.538. The van der Waals surface area contributed by atoms with E-state index >= 15 is 0 Å². The summed E-state index contributed by atoms with van der Waals surface area (Å²) in [4.78, 5) is 0. The van der Waals surface area contributed by atoms with E-state index in [-0.39, 0.29) is 29.2 Å². The Kier molecular flexibility index (Phi) is 4.80. The molecule has 0 aromatic heterocycles. The zero-order chi connectivity index (χ0) is 13.0. The van der Waals surface area contributed by atoms with E-state index in [1.807, 2.05) is 0 Å². The van der Waals surface area contributed by atoms with Crippen molar-refractivity contribution in [2.24, 2.45) is 0 Å². The van der Waals surface area contributed by atoms with Gasteiger partial charge in [0.2, 0.25) is 0 Å². The molecule has 0 amide bonds. The van der Waals surface area contributed by atoms with Gasteiger partial charge in [0.1, 0.15) is 12.2 Å². The highest BCUT2D eigenvalue weighted by molar-refractivity contribution is 6.21. The van der Waals surface area contributed by atoms with Crippen LogP contribution in [0.4, 0.5) is 4.39 Å². The molecule has 0 N–H and O–H groups in total. The largest absolute Gasteiger partial charge is 0.485 e. The Labute approximate surface area is 111 Å². The highest BCUT2D eigenvalue weighted by Gasteiger charge is 2.43. The van der Waals surface area contributed by atoms with Crippen molar-refractivity contribution in [2.75, 3.05) is 20.3 Å². The molecule has 0 bridgehead atoms. The standard InChI is InChI=1S/C13H16ClFO3/c1-16-6-7-17-13-9(14)8-12(13)18-11-5-3-2-4-10(11)15/h2-5,9,12-13H,6-8H2,1H3. The van der Waals surface area contributed by atoms with Crippen LogP contribution in [0, 0.1) is 5.82 Å². The molecule has 2 rings (SSSR count). The molecular weight excluding hydrogens is 259 g/mol. The van der Waals surface area contributed by atoms with Crippen LogP contribution in [0.25, 0.3) is 0 Å². The van der Waals surface area contributed by atoms with E-state index in [4.69, 9.17) is 25.8 Å². The summed E-state index contributed by atoms with van der Waals surface area (Å²) in [7, 11) is 1.61. The first-order chi connectivity index (χ1) is 8.72. The second-order valence-corrected chi connectivity index (χ2v) is 4.73. The van der Waals surface area contributed by atoms with Gasteiger partial charge in [-0.2, -0.15) is 0 Å². The number of para-hydroxylation sites is 1. The van der Waals surface area contributed by atoms with Crippen molar-refractivity contribution in [1.82, 2.24) is 0 Å². The summed E-state index contributed by atoms with van der Waals surface area (Å²) in [5, 5.41) is -0.0846. The topological polar surface area (TPSA) is 27.7 Å². The average Bonchev–Trinajstić information content (AvgIpc) is 2.36.